The SMILES string of the molecule is CC#CC(=O)N(c1ccc(CC)c(C(C)=O)n1)c1cc(C)c(C)cc1C1CC1.CCCOC. The number of pyridine rings is 1. The molecule has 0 bridgehead atoms. The molecular weight excluding hydrogens is 412 g/mol. The maximum absolute atomic E-state index is 13.0. The van der Waals surface area contributed by atoms with Crippen LogP contribution in [0.5, 0.6) is 0 Å². The maximum atomic E-state index is 13.0. The van der Waals surface area contributed by atoms with Crippen molar-refractivity contribution in [1.82, 2.24) is 4.98 Å². The van der Waals surface area contributed by atoms with Crippen LogP contribution < -0.4 is 4.90 Å². The van der Waals surface area contributed by atoms with E-state index in [0.717, 1.165) is 48.2 Å². The predicted octanol–water partition coefficient (Wildman–Crippen LogP) is 6.07. The molecule has 5 heteroatoms. The van der Waals surface area contributed by atoms with Crippen LogP contribution in [0.25, 0.3) is 0 Å². The summed E-state index contributed by atoms with van der Waals surface area (Å²) in [5.74, 6) is 5.82. The Hall–Kier alpha value is -2.97. The highest BCUT2D eigenvalue weighted by Gasteiger charge is 2.31. The molecule has 1 aliphatic rings. The summed E-state index contributed by atoms with van der Waals surface area (Å²) in [6, 6.07) is 7.91. The summed E-state index contributed by atoms with van der Waals surface area (Å²) in [5, 5.41) is 0. The molecule has 33 heavy (non-hydrogen) atoms. The van der Waals surface area contributed by atoms with Gasteiger partial charge in [-0.05, 0) is 92.7 Å². The topological polar surface area (TPSA) is 59.5 Å². The van der Waals surface area contributed by atoms with Gasteiger partial charge in [-0.1, -0.05) is 31.9 Å². The summed E-state index contributed by atoms with van der Waals surface area (Å²) in [4.78, 5) is 31.3. The predicted molar refractivity (Wildman–Crippen MR) is 134 cm³/mol. The Kier molecular flexibility index (Phi) is 9.81. The second-order valence-corrected chi connectivity index (χ2v) is 8.36. The monoisotopic (exact) mass is 448 g/mol. The second kappa shape index (κ2) is 12.3. The first-order valence-corrected chi connectivity index (χ1v) is 11.7. The normalized spacial score (nSPS) is 12.2. The van der Waals surface area contributed by atoms with E-state index < -0.39 is 0 Å². The Morgan fingerprint density at radius 2 is 1.82 bits per heavy atom. The lowest BCUT2D eigenvalue weighted by Crippen LogP contribution is -2.27. The number of aryl methyl sites for hydroxylation is 3. The van der Waals surface area contributed by atoms with Crippen LogP contribution in [0, 0.1) is 25.7 Å². The number of Topliss-reactive ketones (excluding diaryl/α,β-unsaturated/α-hetero) is 1. The van der Waals surface area contributed by atoms with Gasteiger partial charge in [-0.2, -0.15) is 0 Å². The van der Waals surface area contributed by atoms with Gasteiger partial charge in [0.1, 0.15) is 11.5 Å². The van der Waals surface area contributed by atoms with Crippen LogP contribution in [0.3, 0.4) is 0 Å². The van der Waals surface area contributed by atoms with Gasteiger partial charge in [-0.25, -0.2) is 4.98 Å². The van der Waals surface area contributed by atoms with Crippen molar-refractivity contribution >= 4 is 23.2 Å². The molecule has 0 unspecified atom stereocenters. The highest BCUT2D eigenvalue weighted by atomic mass is 16.5. The number of anilines is 2. The first-order chi connectivity index (χ1) is 15.8. The number of aromatic nitrogens is 1. The summed E-state index contributed by atoms with van der Waals surface area (Å²) in [5.41, 5.74) is 5.59. The van der Waals surface area contributed by atoms with Crippen molar-refractivity contribution in [2.24, 2.45) is 0 Å². The third-order valence-electron chi connectivity index (χ3n) is 5.65. The van der Waals surface area contributed by atoms with E-state index >= 15 is 0 Å². The van der Waals surface area contributed by atoms with Gasteiger partial charge in [0.2, 0.25) is 0 Å². The van der Waals surface area contributed by atoms with E-state index in [1.165, 1.54) is 12.5 Å². The van der Waals surface area contributed by atoms with Crippen LogP contribution in [0.4, 0.5) is 11.5 Å². The number of ketones is 1. The fourth-order valence-corrected chi connectivity index (χ4v) is 3.63. The minimum absolute atomic E-state index is 0.102. The van der Waals surface area contributed by atoms with E-state index in [4.69, 9.17) is 4.74 Å². The average Bonchev–Trinajstić information content (AvgIpc) is 3.62. The molecule has 2 aromatic rings. The van der Waals surface area contributed by atoms with E-state index in [2.05, 4.69) is 36.7 Å². The van der Waals surface area contributed by atoms with Crippen LogP contribution >= 0.6 is 0 Å². The molecule has 0 saturated heterocycles. The standard InChI is InChI=1S/C24H26N2O2.C4H10O/c1-6-8-23(28)26(22-12-11-18(7-2)24(25-22)17(5)27)21-14-16(4)15(3)13-20(21)19-9-10-19;1-3-4-5-2/h11-14,19H,7,9-10H2,1-5H3;3-4H2,1-2H3. The first kappa shape index (κ1) is 26.3. The van der Waals surface area contributed by atoms with Crippen molar-refractivity contribution in [3.8, 4) is 11.8 Å². The summed E-state index contributed by atoms with van der Waals surface area (Å²) in [7, 11) is 1.71. The molecule has 0 radical (unpaired) electrons. The molecular formula is C28H36N2O3. The summed E-state index contributed by atoms with van der Waals surface area (Å²) in [6.45, 7) is 12.2. The molecule has 5 nitrogen and oxygen atoms in total. The smallest absolute Gasteiger partial charge is 0.308 e. The lowest BCUT2D eigenvalue weighted by molar-refractivity contribution is -0.112. The third-order valence-corrected chi connectivity index (χ3v) is 5.65. The minimum Gasteiger partial charge on any atom is -0.385 e. The number of carbonyl (C=O) groups is 2. The van der Waals surface area contributed by atoms with Crippen molar-refractivity contribution in [1.29, 1.82) is 0 Å². The number of carbonyl (C=O) groups excluding carboxylic acids is 2. The molecule has 1 aromatic carbocycles. The molecule has 176 valence electrons. The number of nitrogens with zero attached hydrogens (tertiary/aromatic N) is 2. The number of hydrogen-bond acceptors (Lipinski definition) is 4. The Balaban J connectivity index is 0.000000696. The van der Waals surface area contributed by atoms with Gasteiger partial charge in [0.15, 0.2) is 5.78 Å². The molecule has 3 rings (SSSR count). The van der Waals surface area contributed by atoms with Gasteiger partial charge in [-0.15, -0.1) is 0 Å². The van der Waals surface area contributed by atoms with Crippen LogP contribution in [0.2, 0.25) is 0 Å². The number of ether oxygens (including phenoxy) is 1. The number of hydrogen-bond donors (Lipinski definition) is 0. The second-order valence-electron chi connectivity index (χ2n) is 8.36. The zero-order valence-electron chi connectivity index (χ0n) is 21.0. The van der Waals surface area contributed by atoms with Gasteiger partial charge in [0.05, 0.1) is 5.69 Å². The van der Waals surface area contributed by atoms with E-state index in [-0.39, 0.29) is 11.7 Å². The first-order valence-electron chi connectivity index (χ1n) is 11.7. The zero-order valence-corrected chi connectivity index (χ0v) is 21.0. The highest BCUT2D eigenvalue weighted by molar-refractivity contribution is 6.11. The molecule has 1 saturated carbocycles. The van der Waals surface area contributed by atoms with E-state index in [0.29, 0.717) is 23.9 Å². The number of methoxy groups -OCH3 is 1. The Morgan fingerprint density at radius 1 is 1.15 bits per heavy atom. The molecule has 0 spiro atoms. The summed E-state index contributed by atoms with van der Waals surface area (Å²) in [6.07, 6.45) is 4.08. The molecule has 1 fully saturated rings. The van der Waals surface area contributed by atoms with E-state index in [9.17, 15) is 9.59 Å². The molecule has 1 heterocycles. The summed E-state index contributed by atoms with van der Waals surface area (Å²) >= 11 is 0. The van der Waals surface area contributed by atoms with Crippen molar-refractivity contribution < 1.29 is 14.3 Å². The number of rotatable bonds is 7. The molecule has 1 aromatic heterocycles. The van der Waals surface area contributed by atoms with Gasteiger partial charge < -0.3 is 4.74 Å². The Morgan fingerprint density at radius 3 is 2.30 bits per heavy atom. The van der Waals surface area contributed by atoms with Crippen molar-refractivity contribution in [3.05, 3.63) is 52.2 Å². The highest BCUT2D eigenvalue weighted by Crippen LogP contribution is 2.46. The largest absolute Gasteiger partial charge is 0.385 e. The van der Waals surface area contributed by atoms with Gasteiger partial charge in [0, 0.05) is 20.6 Å². The van der Waals surface area contributed by atoms with Crippen LogP contribution in [-0.4, -0.2) is 30.4 Å². The third kappa shape index (κ3) is 6.76. The van der Waals surface area contributed by atoms with Crippen LogP contribution in [0.1, 0.15) is 85.6 Å². The number of amides is 1. The van der Waals surface area contributed by atoms with Crippen molar-refractivity contribution in [2.45, 2.75) is 73.1 Å². The molecule has 0 atom stereocenters. The van der Waals surface area contributed by atoms with Gasteiger partial charge in [-0.3, -0.25) is 14.5 Å². The fourth-order valence-electron chi connectivity index (χ4n) is 3.63. The molecule has 1 amide bonds. The Bertz CT molecular complexity index is 1060. The van der Waals surface area contributed by atoms with E-state index in [1.807, 2.05) is 32.0 Å². The van der Waals surface area contributed by atoms with Gasteiger partial charge >= 0.3 is 5.91 Å². The molecule has 0 N–H and O–H groups in total. The van der Waals surface area contributed by atoms with Crippen LogP contribution in [0.15, 0.2) is 24.3 Å². The van der Waals surface area contributed by atoms with E-state index in [1.54, 1.807) is 18.9 Å². The number of benzene rings is 1. The minimum atomic E-state index is -0.334. The average molecular weight is 449 g/mol. The fraction of sp³-hybridized carbons (Fsp3) is 0.464. The molecule has 1 aliphatic carbocycles. The van der Waals surface area contributed by atoms with Crippen molar-refractivity contribution in [3.63, 3.8) is 0 Å². The lowest BCUT2D eigenvalue weighted by Gasteiger charge is -2.24. The molecule has 0 aliphatic heterocycles. The zero-order chi connectivity index (χ0) is 24.5. The quantitative estimate of drug-likeness (QED) is 0.381. The Labute approximate surface area is 198 Å². The van der Waals surface area contributed by atoms with Crippen molar-refractivity contribution in [2.75, 3.05) is 18.6 Å². The summed E-state index contributed by atoms with van der Waals surface area (Å²) < 4.78 is 4.69. The lowest BCUT2D eigenvalue weighted by atomic mass is 9.99. The van der Waals surface area contributed by atoms with Crippen LogP contribution in [-0.2, 0) is 16.0 Å². The van der Waals surface area contributed by atoms with Gasteiger partial charge in [0.25, 0.3) is 0 Å². The maximum Gasteiger partial charge on any atom is 0.308 e.